The molecule has 0 aliphatic heterocycles. The van der Waals surface area contributed by atoms with Gasteiger partial charge >= 0.3 is 6.03 Å². The lowest BCUT2D eigenvalue weighted by atomic mass is 10.2. The third-order valence-corrected chi connectivity index (χ3v) is 2.91. The summed E-state index contributed by atoms with van der Waals surface area (Å²) in [4.78, 5) is 11.1. The molecule has 0 fully saturated rings. The smallest absolute Gasteiger partial charge is 0.316 e. The van der Waals surface area contributed by atoms with E-state index in [0.717, 1.165) is 5.56 Å². The molecule has 2 amide bonds. The van der Waals surface area contributed by atoms with Crippen molar-refractivity contribution < 1.29 is 9.53 Å². The highest BCUT2D eigenvalue weighted by Crippen LogP contribution is 2.28. The molecule has 114 valence electrons. The lowest BCUT2D eigenvalue weighted by Crippen LogP contribution is -2.19. The Kier molecular flexibility index (Phi) is 5.57. The van der Waals surface area contributed by atoms with Gasteiger partial charge in [-0.25, -0.2) is 4.79 Å². The Balaban J connectivity index is 2.30. The molecule has 0 atom stereocenters. The van der Waals surface area contributed by atoms with Crippen LogP contribution in [0.4, 0.5) is 10.5 Å². The summed E-state index contributed by atoms with van der Waals surface area (Å²) in [6.07, 6.45) is 1.94. The van der Waals surface area contributed by atoms with Crippen molar-refractivity contribution in [3.63, 3.8) is 0 Å². The third-order valence-electron chi connectivity index (χ3n) is 2.91. The van der Waals surface area contributed by atoms with Gasteiger partial charge < -0.3 is 21.1 Å². The van der Waals surface area contributed by atoms with Crippen LogP contribution in [-0.4, -0.2) is 19.6 Å². The Labute approximate surface area is 129 Å². The number of carbonyl (C=O) groups excluding carboxylic acids is 1. The average molecular weight is 297 g/mol. The number of para-hydroxylation sites is 2. The minimum Gasteiger partial charge on any atom is -0.455 e. The van der Waals surface area contributed by atoms with Crippen LogP contribution >= 0.6 is 0 Å². The van der Waals surface area contributed by atoms with Gasteiger partial charge in [0.2, 0.25) is 0 Å². The molecule has 0 bridgehead atoms. The number of hydrogen-bond donors (Lipinski definition) is 3. The van der Waals surface area contributed by atoms with Gasteiger partial charge in [-0.3, -0.25) is 0 Å². The summed E-state index contributed by atoms with van der Waals surface area (Å²) in [7, 11) is 1.86. The Hall–Kier alpha value is -2.79. The maximum absolute atomic E-state index is 11.1. The van der Waals surface area contributed by atoms with Gasteiger partial charge in [-0.05, 0) is 25.3 Å². The van der Waals surface area contributed by atoms with Crippen molar-refractivity contribution in [3.05, 3.63) is 66.2 Å². The first-order valence-electron chi connectivity index (χ1n) is 6.94. The standard InChI is InChI=1S/C17H19N3O2/c1-19-12-11-15(13-7-3-2-4-8-13)22-16-10-6-5-9-14(16)20-17(18)21/h2-11,19H,12H2,1H3,(H3,18,20,21)/b15-11+. The molecular formula is C17H19N3O2. The number of carbonyl (C=O) groups is 1. The van der Waals surface area contributed by atoms with Crippen molar-refractivity contribution in [1.82, 2.24) is 5.32 Å². The fourth-order valence-electron chi connectivity index (χ4n) is 1.93. The zero-order valence-corrected chi connectivity index (χ0v) is 12.4. The van der Waals surface area contributed by atoms with Crippen molar-refractivity contribution in [2.75, 3.05) is 18.9 Å². The molecular weight excluding hydrogens is 278 g/mol. The van der Waals surface area contributed by atoms with Crippen molar-refractivity contribution >= 4 is 17.5 Å². The van der Waals surface area contributed by atoms with E-state index < -0.39 is 6.03 Å². The van der Waals surface area contributed by atoms with Crippen LogP contribution in [0, 0.1) is 0 Å². The number of primary amides is 1. The summed E-state index contributed by atoms with van der Waals surface area (Å²) < 4.78 is 5.99. The average Bonchev–Trinajstić information content (AvgIpc) is 2.53. The maximum atomic E-state index is 11.1. The van der Waals surface area contributed by atoms with E-state index in [9.17, 15) is 4.79 Å². The number of anilines is 1. The SMILES string of the molecule is CNC/C=C(/Oc1ccccc1NC(N)=O)c1ccccc1. The lowest BCUT2D eigenvalue weighted by Gasteiger charge is -2.14. The monoisotopic (exact) mass is 297 g/mol. The zero-order chi connectivity index (χ0) is 15.8. The molecule has 0 unspecified atom stereocenters. The number of benzene rings is 2. The van der Waals surface area contributed by atoms with Crippen molar-refractivity contribution in [2.45, 2.75) is 0 Å². The van der Waals surface area contributed by atoms with Gasteiger partial charge in [0.25, 0.3) is 0 Å². The van der Waals surface area contributed by atoms with E-state index in [2.05, 4.69) is 10.6 Å². The second-order valence-electron chi connectivity index (χ2n) is 4.58. The van der Waals surface area contributed by atoms with Crippen LogP contribution in [0.3, 0.4) is 0 Å². The van der Waals surface area contributed by atoms with Crippen molar-refractivity contribution in [1.29, 1.82) is 0 Å². The topological polar surface area (TPSA) is 76.4 Å². The van der Waals surface area contributed by atoms with Gasteiger partial charge in [0, 0.05) is 12.1 Å². The molecule has 0 saturated carbocycles. The quantitative estimate of drug-likeness (QED) is 0.718. The van der Waals surface area contributed by atoms with Gasteiger partial charge in [0.15, 0.2) is 5.75 Å². The van der Waals surface area contributed by atoms with Gasteiger partial charge in [-0.2, -0.15) is 0 Å². The Morgan fingerprint density at radius 3 is 2.50 bits per heavy atom. The molecule has 2 aromatic carbocycles. The van der Waals surface area contributed by atoms with Crippen LogP contribution in [0.2, 0.25) is 0 Å². The minimum absolute atomic E-state index is 0.529. The summed E-state index contributed by atoms with van der Waals surface area (Å²) in [5.41, 5.74) is 6.66. The van der Waals surface area contributed by atoms with Crippen molar-refractivity contribution in [3.8, 4) is 5.75 Å². The molecule has 0 radical (unpaired) electrons. The molecule has 2 rings (SSSR count). The van der Waals surface area contributed by atoms with Gasteiger partial charge in [0.05, 0.1) is 5.69 Å². The number of rotatable bonds is 6. The molecule has 4 N–H and O–H groups in total. The van der Waals surface area contributed by atoms with E-state index in [1.54, 1.807) is 18.2 Å². The van der Waals surface area contributed by atoms with Crippen LogP contribution in [0.15, 0.2) is 60.7 Å². The summed E-state index contributed by atoms with van der Waals surface area (Å²) in [5.74, 6) is 1.24. The van der Waals surface area contributed by atoms with Crippen LogP contribution < -0.4 is 21.1 Å². The number of nitrogens with one attached hydrogen (secondary N) is 2. The van der Waals surface area contributed by atoms with Crippen LogP contribution in [0.1, 0.15) is 5.56 Å². The number of ether oxygens (including phenoxy) is 1. The number of nitrogens with two attached hydrogens (primary N) is 1. The first-order chi connectivity index (χ1) is 10.7. The summed E-state index contributed by atoms with van der Waals surface area (Å²) in [5, 5.41) is 5.61. The number of amides is 2. The molecule has 0 heterocycles. The van der Waals surface area contributed by atoms with Gasteiger partial charge in [-0.1, -0.05) is 42.5 Å². The maximum Gasteiger partial charge on any atom is 0.316 e. The van der Waals surface area contributed by atoms with E-state index in [0.29, 0.717) is 23.7 Å². The van der Waals surface area contributed by atoms with E-state index in [-0.39, 0.29) is 0 Å². The van der Waals surface area contributed by atoms with E-state index >= 15 is 0 Å². The minimum atomic E-state index is -0.628. The summed E-state index contributed by atoms with van der Waals surface area (Å²) >= 11 is 0. The van der Waals surface area contributed by atoms with E-state index in [1.807, 2.05) is 49.5 Å². The fourth-order valence-corrected chi connectivity index (χ4v) is 1.93. The lowest BCUT2D eigenvalue weighted by molar-refractivity contribution is 0.259. The Morgan fingerprint density at radius 1 is 1.14 bits per heavy atom. The van der Waals surface area contributed by atoms with Crippen molar-refractivity contribution in [2.24, 2.45) is 5.73 Å². The first kappa shape index (κ1) is 15.6. The predicted octanol–water partition coefficient (Wildman–Crippen LogP) is 2.82. The van der Waals surface area contributed by atoms with E-state index in [1.165, 1.54) is 0 Å². The molecule has 0 aliphatic rings. The molecule has 22 heavy (non-hydrogen) atoms. The summed E-state index contributed by atoms with van der Waals surface area (Å²) in [6, 6.07) is 16.3. The highest BCUT2D eigenvalue weighted by molar-refractivity contribution is 5.89. The fraction of sp³-hybridized carbons (Fsp3) is 0.118. The van der Waals surface area contributed by atoms with Crippen LogP contribution in [-0.2, 0) is 0 Å². The molecule has 5 heteroatoms. The Bertz CT molecular complexity index is 654. The van der Waals surface area contributed by atoms with Gasteiger partial charge in [-0.15, -0.1) is 0 Å². The highest BCUT2D eigenvalue weighted by Gasteiger charge is 2.09. The van der Waals surface area contributed by atoms with Gasteiger partial charge in [0.1, 0.15) is 5.76 Å². The predicted molar refractivity (Wildman–Crippen MR) is 88.6 cm³/mol. The molecule has 5 nitrogen and oxygen atoms in total. The highest BCUT2D eigenvalue weighted by atomic mass is 16.5. The molecule has 0 aliphatic carbocycles. The Morgan fingerprint density at radius 2 is 1.82 bits per heavy atom. The second-order valence-corrected chi connectivity index (χ2v) is 4.58. The molecule has 0 saturated heterocycles. The molecule has 0 spiro atoms. The van der Waals surface area contributed by atoms with E-state index in [4.69, 9.17) is 10.5 Å². The number of likely N-dealkylation sites (N-methyl/N-ethyl adjacent to an activating group) is 1. The van der Waals surface area contributed by atoms with Crippen LogP contribution in [0.5, 0.6) is 5.75 Å². The molecule has 0 aromatic heterocycles. The first-order valence-corrected chi connectivity index (χ1v) is 6.94. The number of urea groups is 1. The second kappa shape index (κ2) is 7.85. The summed E-state index contributed by atoms with van der Waals surface area (Å²) in [6.45, 7) is 0.662. The zero-order valence-electron chi connectivity index (χ0n) is 12.4. The molecule has 2 aromatic rings. The normalized spacial score (nSPS) is 11.0. The largest absolute Gasteiger partial charge is 0.455 e. The van der Waals surface area contributed by atoms with Crippen LogP contribution in [0.25, 0.3) is 5.76 Å². The number of hydrogen-bond acceptors (Lipinski definition) is 3. The third kappa shape index (κ3) is 4.36.